The number of rotatable bonds is 0. The summed E-state index contributed by atoms with van der Waals surface area (Å²) in [4.78, 5) is 0. The Bertz CT molecular complexity index is 144. The molecule has 0 aromatic heterocycles. The zero-order chi connectivity index (χ0) is 5.11. The molecule has 52 valence electrons. The van der Waals surface area contributed by atoms with Crippen molar-refractivity contribution in [3.05, 3.63) is 35.9 Å². The molecule has 0 radical (unpaired) electrons. The maximum Gasteiger partial charge on any atom is 2.00 e. The van der Waals surface area contributed by atoms with E-state index in [9.17, 15) is 0 Å². The van der Waals surface area contributed by atoms with Crippen LogP contribution in [0.4, 0.5) is 0 Å². The molecular weight excluding hydrogens is 207 g/mol. The van der Waals surface area contributed by atoms with Gasteiger partial charge in [-0.1, -0.05) is 6.92 Å². The zero-order valence-corrected chi connectivity index (χ0v) is 8.93. The summed E-state index contributed by atoms with van der Waals surface area (Å²) in [6.45, 7) is 2.03. The van der Waals surface area contributed by atoms with Crippen LogP contribution in [0.25, 0.3) is 0 Å². The molecule has 0 saturated carbocycles. The van der Waals surface area contributed by atoms with E-state index in [1.807, 2.05) is 31.2 Å². The van der Waals surface area contributed by atoms with Gasteiger partial charge in [0.25, 0.3) is 0 Å². The van der Waals surface area contributed by atoms with Gasteiger partial charge in [-0.15, -0.1) is 17.0 Å². The standard InChI is InChI=1S/C7H7.BrH.FH.Mg/c1-7-5-3-2-4-6-7;;;/h2-5H,1H3;2*1H;/q-1;;;+2/p-1. The van der Waals surface area contributed by atoms with Crippen LogP contribution in [-0.2, 0) is 0 Å². The fraction of sp³-hybridized carbons (Fsp3) is 0.143. The number of benzene rings is 1. The van der Waals surface area contributed by atoms with Gasteiger partial charge in [0.2, 0.25) is 0 Å². The molecule has 1 rings (SSSR count). The van der Waals surface area contributed by atoms with E-state index in [0.717, 1.165) is 0 Å². The Morgan fingerprint density at radius 3 is 2.10 bits per heavy atom. The van der Waals surface area contributed by atoms with Crippen LogP contribution >= 0.6 is 17.0 Å². The van der Waals surface area contributed by atoms with E-state index in [-0.39, 0.29) is 44.7 Å². The Morgan fingerprint density at radius 2 is 1.90 bits per heavy atom. The summed E-state index contributed by atoms with van der Waals surface area (Å²) in [7, 11) is 0. The summed E-state index contributed by atoms with van der Waals surface area (Å²) >= 11 is 0. The molecule has 0 aliphatic carbocycles. The predicted molar refractivity (Wildman–Crippen MR) is 46.1 cm³/mol. The van der Waals surface area contributed by atoms with Crippen molar-refractivity contribution in [3.8, 4) is 0 Å². The molecule has 0 N–H and O–H groups in total. The van der Waals surface area contributed by atoms with Crippen molar-refractivity contribution in [1.82, 2.24) is 0 Å². The summed E-state index contributed by atoms with van der Waals surface area (Å²) in [6.07, 6.45) is 0. The Morgan fingerprint density at radius 1 is 1.30 bits per heavy atom. The summed E-state index contributed by atoms with van der Waals surface area (Å²) in [5.74, 6) is 0. The summed E-state index contributed by atoms with van der Waals surface area (Å²) in [5.41, 5.74) is 1.20. The van der Waals surface area contributed by atoms with Crippen molar-refractivity contribution >= 4 is 40.0 Å². The van der Waals surface area contributed by atoms with Gasteiger partial charge in [0.05, 0.1) is 0 Å². The number of halogens is 2. The average Bonchev–Trinajstić information content (AvgIpc) is 1.69. The molecule has 0 atom stereocenters. The van der Waals surface area contributed by atoms with E-state index in [1.165, 1.54) is 5.56 Å². The van der Waals surface area contributed by atoms with E-state index in [0.29, 0.717) is 0 Å². The maximum atomic E-state index is 3.03. The van der Waals surface area contributed by atoms with Crippen molar-refractivity contribution in [2.24, 2.45) is 0 Å². The van der Waals surface area contributed by atoms with Gasteiger partial charge in [-0.05, 0) is 0 Å². The van der Waals surface area contributed by atoms with E-state index in [2.05, 4.69) is 6.07 Å². The molecule has 0 aliphatic heterocycles. The second-order valence-electron chi connectivity index (χ2n) is 1.55. The first-order valence-electron chi connectivity index (χ1n) is 2.33. The molecule has 0 bridgehead atoms. The predicted octanol–water partition coefficient (Wildman–Crippen LogP) is -1.00. The first-order valence-corrected chi connectivity index (χ1v) is 2.33. The Labute approximate surface area is 87.3 Å². The Balaban J connectivity index is -0.000000163. The molecule has 0 unspecified atom stereocenters. The molecule has 1 aromatic carbocycles. The third-order valence-electron chi connectivity index (χ3n) is 0.865. The first-order chi connectivity index (χ1) is 3.39. The minimum Gasteiger partial charge on any atom is -1.00 e. The van der Waals surface area contributed by atoms with Gasteiger partial charge in [0.1, 0.15) is 0 Å². The molecular formula is C7H8BrFMg. The van der Waals surface area contributed by atoms with Gasteiger partial charge in [-0.2, -0.15) is 35.9 Å². The van der Waals surface area contributed by atoms with Gasteiger partial charge in [-0.3, -0.25) is 0 Å². The molecule has 0 saturated heterocycles. The van der Waals surface area contributed by atoms with Gasteiger partial charge in [0.15, 0.2) is 0 Å². The largest absolute Gasteiger partial charge is 2.00 e. The molecule has 3 heteroatoms. The van der Waals surface area contributed by atoms with E-state index >= 15 is 0 Å². The van der Waals surface area contributed by atoms with Crippen LogP contribution in [0.15, 0.2) is 24.3 Å². The van der Waals surface area contributed by atoms with Crippen molar-refractivity contribution in [2.45, 2.75) is 6.92 Å². The van der Waals surface area contributed by atoms with Gasteiger partial charge >= 0.3 is 23.1 Å². The first kappa shape index (κ1) is 16.8. The molecule has 1 aromatic rings. The monoisotopic (exact) mass is 214 g/mol. The third kappa shape index (κ3) is 6.52. The Hall–Kier alpha value is 0.396. The van der Waals surface area contributed by atoms with E-state index in [1.54, 1.807) is 0 Å². The van der Waals surface area contributed by atoms with Crippen LogP contribution in [0.1, 0.15) is 5.56 Å². The van der Waals surface area contributed by atoms with Gasteiger partial charge in [0, 0.05) is 0 Å². The fourth-order valence-electron chi connectivity index (χ4n) is 0.483. The molecule has 0 fully saturated rings. The second-order valence-corrected chi connectivity index (χ2v) is 1.55. The number of hydrogen-bond acceptors (Lipinski definition) is 0. The van der Waals surface area contributed by atoms with Crippen LogP contribution in [0.3, 0.4) is 0 Å². The molecule has 0 spiro atoms. The van der Waals surface area contributed by atoms with Crippen LogP contribution in [-0.4, -0.2) is 23.1 Å². The zero-order valence-electron chi connectivity index (χ0n) is 5.80. The van der Waals surface area contributed by atoms with Crippen molar-refractivity contribution in [3.63, 3.8) is 0 Å². The number of hydrogen-bond donors (Lipinski definition) is 0. The fourth-order valence-corrected chi connectivity index (χ4v) is 0.483. The normalized spacial score (nSPS) is 6.10. The van der Waals surface area contributed by atoms with Crippen molar-refractivity contribution in [2.75, 3.05) is 0 Å². The third-order valence-corrected chi connectivity index (χ3v) is 0.865. The maximum absolute atomic E-state index is 3.03. The second kappa shape index (κ2) is 9.40. The SMILES string of the molecule is Br.Cc1[c-]cccc1.[F-].[Mg+2]. The molecule has 0 nitrogen and oxygen atoms in total. The topological polar surface area (TPSA) is 0 Å². The summed E-state index contributed by atoms with van der Waals surface area (Å²) in [6, 6.07) is 10.9. The van der Waals surface area contributed by atoms with Crippen LogP contribution in [0.2, 0.25) is 0 Å². The summed E-state index contributed by atoms with van der Waals surface area (Å²) < 4.78 is 0. The molecule has 10 heavy (non-hydrogen) atoms. The van der Waals surface area contributed by atoms with Crippen LogP contribution < -0.4 is 4.70 Å². The van der Waals surface area contributed by atoms with Crippen LogP contribution in [0, 0.1) is 13.0 Å². The quantitative estimate of drug-likeness (QED) is 0.384. The average molecular weight is 215 g/mol. The van der Waals surface area contributed by atoms with Crippen molar-refractivity contribution < 1.29 is 4.70 Å². The minimum atomic E-state index is 0. The van der Waals surface area contributed by atoms with Gasteiger partial charge in [-0.25, -0.2) is 0 Å². The van der Waals surface area contributed by atoms with E-state index in [4.69, 9.17) is 0 Å². The summed E-state index contributed by atoms with van der Waals surface area (Å²) in [5, 5.41) is 0. The number of aryl methyl sites for hydroxylation is 1. The minimum absolute atomic E-state index is 0. The molecule has 0 amide bonds. The van der Waals surface area contributed by atoms with Gasteiger partial charge < -0.3 is 4.70 Å². The molecule has 0 aliphatic rings. The Kier molecular flexibility index (Phi) is 15.8. The van der Waals surface area contributed by atoms with Crippen LogP contribution in [0.5, 0.6) is 0 Å². The van der Waals surface area contributed by atoms with Crippen molar-refractivity contribution in [1.29, 1.82) is 0 Å². The molecule has 0 heterocycles. The smallest absolute Gasteiger partial charge is 1.00 e. The van der Waals surface area contributed by atoms with E-state index < -0.39 is 0 Å².